The summed E-state index contributed by atoms with van der Waals surface area (Å²) >= 11 is 0. The van der Waals surface area contributed by atoms with Crippen molar-refractivity contribution in [3.05, 3.63) is 29.3 Å². The lowest BCUT2D eigenvalue weighted by Gasteiger charge is -2.16. The molecule has 1 aromatic carbocycles. The van der Waals surface area contributed by atoms with Crippen LogP contribution in [0.1, 0.15) is 36.5 Å². The molecule has 0 amide bonds. The fraction of sp³-hybridized carbons (Fsp3) is 0.538. The summed E-state index contributed by atoms with van der Waals surface area (Å²) in [5, 5.41) is 0. The van der Waals surface area contributed by atoms with Crippen LogP contribution < -0.4 is 4.74 Å². The number of hydrogen-bond donors (Lipinski definition) is 0. The smallest absolute Gasteiger partial charge is 0.119 e. The van der Waals surface area contributed by atoms with Crippen molar-refractivity contribution in [2.45, 2.75) is 31.8 Å². The van der Waals surface area contributed by atoms with Crippen molar-refractivity contribution in [3.8, 4) is 5.75 Å². The van der Waals surface area contributed by atoms with Crippen LogP contribution in [-0.4, -0.2) is 14.2 Å². The lowest BCUT2D eigenvalue weighted by Crippen LogP contribution is -2.02. The van der Waals surface area contributed by atoms with Gasteiger partial charge in [-0.25, -0.2) is 0 Å². The molecule has 0 N–H and O–H groups in total. The molecule has 1 aromatic rings. The summed E-state index contributed by atoms with van der Waals surface area (Å²) in [5.41, 5.74) is 2.73. The Labute approximate surface area is 91.2 Å². The second-order valence-corrected chi connectivity index (χ2v) is 4.03. The zero-order chi connectivity index (χ0) is 10.7. The van der Waals surface area contributed by atoms with Crippen LogP contribution in [0.2, 0.25) is 0 Å². The van der Waals surface area contributed by atoms with Gasteiger partial charge in [-0.2, -0.15) is 0 Å². The third-order valence-corrected chi connectivity index (χ3v) is 3.14. The average molecular weight is 206 g/mol. The summed E-state index contributed by atoms with van der Waals surface area (Å²) in [5.74, 6) is 0.950. The highest BCUT2D eigenvalue weighted by atomic mass is 16.5. The van der Waals surface area contributed by atoms with Gasteiger partial charge in [0, 0.05) is 7.11 Å². The fourth-order valence-electron chi connectivity index (χ4n) is 2.29. The predicted octanol–water partition coefficient (Wildman–Crippen LogP) is 3.11. The molecule has 2 heteroatoms. The van der Waals surface area contributed by atoms with Crippen LogP contribution in [-0.2, 0) is 11.2 Å². The lowest BCUT2D eigenvalue weighted by atomic mass is 10.0. The first-order chi connectivity index (χ1) is 7.35. The van der Waals surface area contributed by atoms with E-state index in [9.17, 15) is 0 Å². The number of benzene rings is 1. The fourth-order valence-corrected chi connectivity index (χ4v) is 2.29. The maximum Gasteiger partial charge on any atom is 0.119 e. The topological polar surface area (TPSA) is 18.5 Å². The molecule has 0 spiro atoms. The van der Waals surface area contributed by atoms with E-state index in [0.29, 0.717) is 0 Å². The van der Waals surface area contributed by atoms with Crippen molar-refractivity contribution in [3.63, 3.8) is 0 Å². The third-order valence-electron chi connectivity index (χ3n) is 3.14. The molecule has 0 bridgehead atoms. The molecule has 0 heterocycles. The Bertz CT molecular complexity index is 333. The summed E-state index contributed by atoms with van der Waals surface area (Å²) in [4.78, 5) is 0. The van der Waals surface area contributed by atoms with E-state index in [1.54, 1.807) is 14.2 Å². The lowest BCUT2D eigenvalue weighted by molar-refractivity contribution is 0.0952. The van der Waals surface area contributed by atoms with Gasteiger partial charge >= 0.3 is 0 Å². The monoisotopic (exact) mass is 206 g/mol. The minimum absolute atomic E-state index is 0.272. The van der Waals surface area contributed by atoms with E-state index in [2.05, 4.69) is 12.1 Å². The largest absolute Gasteiger partial charge is 0.497 e. The number of hydrogen-bond acceptors (Lipinski definition) is 2. The van der Waals surface area contributed by atoms with Gasteiger partial charge in [-0.1, -0.05) is 12.5 Å². The van der Waals surface area contributed by atoms with Crippen molar-refractivity contribution in [2.24, 2.45) is 0 Å². The van der Waals surface area contributed by atoms with E-state index in [0.717, 1.165) is 18.6 Å². The summed E-state index contributed by atoms with van der Waals surface area (Å²) in [7, 11) is 3.51. The average Bonchev–Trinajstić information content (AvgIpc) is 2.49. The number of fused-ring (bicyclic) bond motifs is 1. The highest BCUT2D eigenvalue weighted by molar-refractivity contribution is 5.37. The SMILES string of the molecule is COc1ccc2c(c1)CCCCC2OC. The van der Waals surface area contributed by atoms with Crippen LogP contribution in [0.3, 0.4) is 0 Å². The maximum atomic E-state index is 5.53. The Morgan fingerprint density at radius 2 is 2.07 bits per heavy atom. The van der Waals surface area contributed by atoms with E-state index < -0.39 is 0 Å². The minimum atomic E-state index is 0.272. The second kappa shape index (κ2) is 4.67. The molecule has 15 heavy (non-hydrogen) atoms. The normalized spacial score (nSPS) is 20.5. The molecule has 0 radical (unpaired) electrons. The highest BCUT2D eigenvalue weighted by Gasteiger charge is 2.18. The predicted molar refractivity (Wildman–Crippen MR) is 60.3 cm³/mol. The quantitative estimate of drug-likeness (QED) is 0.692. The molecule has 2 rings (SSSR count). The molecule has 82 valence electrons. The van der Waals surface area contributed by atoms with Crippen LogP contribution in [0.4, 0.5) is 0 Å². The molecule has 0 saturated carbocycles. The van der Waals surface area contributed by atoms with Crippen molar-refractivity contribution < 1.29 is 9.47 Å². The Morgan fingerprint density at radius 3 is 2.80 bits per heavy atom. The van der Waals surface area contributed by atoms with Gasteiger partial charge in [0.05, 0.1) is 13.2 Å². The highest BCUT2D eigenvalue weighted by Crippen LogP contribution is 2.32. The van der Waals surface area contributed by atoms with Crippen LogP contribution in [0.25, 0.3) is 0 Å². The van der Waals surface area contributed by atoms with Crippen molar-refractivity contribution in [2.75, 3.05) is 14.2 Å². The van der Waals surface area contributed by atoms with Crippen molar-refractivity contribution >= 4 is 0 Å². The third kappa shape index (κ3) is 2.15. The standard InChI is InChI=1S/C13H18O2/c1-14-11-7-8-12-10(9-11)5-3-4-6-13(12)15-2/h7-9,13H,3-6H2,1-2H3. The van der Waals surface area contributed by atoms with Crippen LogP contribution in [0.15, 0.2) is 18.2 Å². The zero-order valence-electron chi connectivity index (χ0n) is 9.45. The molecule has 1 aliphatic rings. The molecular weight excluding hydrogens is 188 g/mol. The molecular formula is C13H18O2. The molecule has 1 aliphatic carbocycles. The van der Waals surface area contributed by atoms with Gasteiger partial charge in [0.25, 0.3) is 0 Å². The Morgan fingerprint density at radius 1 is 1.20 bits per heavy atom. The first-order valence-electron chi connectivity index (χ1n) is 5.54. The van der Waals surface area contributed by atoms with Gasteiger partial charge in [-0.05, 0) is 42.5 Å². The number of methoxy groups -OCH3 is 2. The first-order valence-corrected chi connectivity index (χ1v) is 5.54. The number of ether oxygens (including phenoxy) is 2. The van der Waals surface area contributed by atoms with Gasteiger partial charge in [-0.3, -0.25) is 0 Å². The molecule has 1 atom stereocenters. The molecule has 2 nitrogen and oxygen atoms in total. The summed E-state index contributed by atoms with van der Waals surface area (Å²) in [6.07, 6.45) is 5.05. The van der Waals surface area contributed by atoms with Gasteiger partial charge in [0.1, 0.15) is 5.75 Å². The zero-order valence-corrected chi connectivity index (χ0v) is 9.45. The maximum absolute atomic E-state index is 5.53. The Balaban J connectivity index is 2.36. The van der Waals surface area contributed by atoms with Gasteiger partial charge < -0.3 is 9.47 Å². The minimum Gasteiger partial charge on any atom is -0.497 e. The van der Waals surface area contributed by atoms with E-state index in [1.165, 1.54) is 24.0 Å². The summed E-state index contributed by atoms with van der Waals surface area (Å²) in [6.45, 7) is 0. The molecule has 1 unspecified atom stereocenters. The van der Waals surface area contributed by atoms with E-state index in [4.69, 9.17) is 9.47 Å². The summed E-state index contributed by atoms with van der Waals surface area (Å²) < 4.78 is 10.8. The second-order valence-electron chi connectivity index (χ2n) is 4.03. The molecule has 0 aromatic heterocycles. The van der Waals surface area contributed by atoms with Crippen molar-refractivity contribution in [1.82, 2.24) is 0 Å². The van der Waals surface area contributed by atoms with E-state index in [-0.39, 0.29) is 6.10 Å². The van der Waals surface area contributed by atoms with Crippen LogP contribution >= 0.6 is 0 Å². The molecule has 0 aliphatic heterocycles. The van der Waals surface area contributed by atoms with Crippen LogP contribution in [0, 0.1) is 0 Å². The summed E-state index contributed by atoms with van der Waals surface area (Å²) in [6, 6.07) is 6.32. The van der Waals surface area contributed by atoms with Gasteiger partial charge in [-0.15, -0.1) is 0 Å². The van der Waals surface area contributed by atoms with E-state index >= 15 is 0 Å². The first kappa shape index (κ1) is 10.5. The Hall–Kier alpha value is -1.02. The van der Waals surface area contributed by atoms with Gasteiger partial charge in [0.2, 0.25) is 0 Å². The van der Waals surface area contributed by atoms with Gasteiger partial charge in [0.15, 0.2) is 0 Å². The molecule has 0 fully saturated rings. The van der Waals surface area contributed by atoms with E-state index in [1.807, 2.05) is 6.07 Å². The molecule has 0 saturated heterocycles. The Kier molecular flexibility index (Phi) is 3.27. The van der Waals surface area contributed by atoms with Crippen LogP contribution in [0.5, 0.6) is 5.75 Å². The van der Waals surface area contributed by atoms with Crippen molar-refractivity contribution in [1.29, 1.82) is 0 Å². The number of rotatable bonds is 2. The number of aryl methyl sites for hydroxylation is 1.